The highest BCUT2D eigenvalue weighted by Crippen LogP contribution is 2.28. The molecule has 120 valence electrons. The van der Waals surface area contributed by atoms with Crippen molar-refractivity contribution < 1.29 is 4.79 Å². The van der Waals surface area contributed by atoms with Gasteiger partial charge in [-0.25, -0.2) is 0 Å². The van der Waals surface area contributed by atoms with E-state index in [4.69, 9.17) is 0 Å². The van der Waals surface area contributed by atoms with E-state index in [1.54, 1.807) is 0 Å². The van der Waals surface area contributed by atoms with Crippen LogP contribution in [0.4, 0.5) is 11.4 Å². The molecular weight excluding hydrogens is 284 g/mol. The molecule has 3 rings (SSSR count). The predicted octanol–water partition coefficient (Wildman–Crippen LogP) is 4.55. The first-order valence-corrected chi connectivity index (χ1v) is 8.38. The van der Waals surface area contributed by atoms with Crippen LogP contribution in [0.25, 0.3) is 0 Å². The second-order valence-corrected chi connectivity index (χ2v) is 6.32. The van der Waals surface area contributed by atoms with Gasteiger partial charge in [0, 0.05) is 18.7 Å². The lowest BCUT2D eigenvalue weighted by molar-refractivity contribution is 0.102. The third-order valence-corrected chi connectivity index (χ3v) is 4.62. The number of nitrogens with zero attached hydrogens (tertiary/aromatic N) is 1. The Hall–Kier alpha value is -2.29. The van der Waals surface area contributed by atoms with Crippen LogP contribution in [0.5, 0.6) is 0 Å². The summed E-state index contributed by atoms with van der Waals surface area (Å²) >= 11 is 0. The molecule has 0 saturated carbocycles. The van der Waals surface area contributed by atoms with Crippen molar-refractivity contribution in [3.05, 3.63) is 59.2 Å². The van der Waals surface area contributed by atoms with Crippen molar-refractivity contribution in [1.82, 2.24) is 0 Å². The van der Waals surface area contributed by atoms with Gasteiger partial charge < -0.3 is 10.2 Å². The summed E-state index contributed by atoms with van der Waals surface area (Å²) in [6.45, 7) is 6.23. The van der Waals surface area contributed by atoms with Crippen LogP contribution in [0.3, 0.4) is 0 Å². The Morgan fingerprint density at radius 3 is 2.43 bits per heavy atom. The van der Waals surface area contributed by atoms with Crippen LogP contribution in [0.2, 0.25) is 0 Å². The highest BCUT2D eigenvalue weighted by molar-refractivity contribution is 6.06. The quantitative estimate of drug-likeness (QED) is 0.902. The number of benzene rings is 2. The maximum absolute atomic E-state index is 12.6. The molecule has 1 aliphatic rings. The summed E-state index contributed by atoms with van der Waals surface area (Å²) in [4.78, 5) is 15.0. The topological polar surface area (TPSA) is 32.3 Å². The van der Waals surface area contributed by atoms with Gasteiger partial charge in [-0.15, -0.1) is 0 Å². The molecule has 3 heteroatoms. The van der Waals surface area contributed by atoms with E-state index >= 15 is 0 Å². The minimum atomic E-state index is -0.0439. The summed E-state index contributed by atoms with van der Waals surface area (Å²) in [6.07, 6.45) is 3.74. The molecule has 0 aromatic heterocycles. The van der Waals surface area contributed by atoms with Crippen molar-refractivity contribution in [1.29, 1.82) is 0 Å². The Morgan fingerprint density at radius 1 is 0.957 bits per heavy atom. The zero-order chi connectivity index (χ0) is 16.2. The Balaban J connectivity index is 1.82. The van der Waals surface area contributed by atoms with Gasteiger partial charge in [-0.2, -0.15) is 0 Å². The summed E-state index contributed by atoms with van der Waals surface area (Å²) in [6, 6.07) is 13.9. The van der Waals surface area contributed by atoms with Crippen molar-refractivity contribution in [3.8, 4) is 0 Å². The number of piperidine rings is 1. The van der Waals surface area contributed by atoms with Gasteiger partial charge in [0.15, 0.2) is 0 Å². The largest absolute Gasteiger partial charge is 0.370 e. The molecular formula is C20H24N2O. The van der Waals surface area contributed by atoms with Crippen LogP contribution in [0.15, 0.2) is 42.5 Å². The number of carbonyl (C=O) groups excluding carboxylic acids is 1. The van der Waals surface area contributed by atoms with E-state index in [2.05, 4.69) is 23.2 Å². The third-order valence-electron chi connectivity index (χ3n) is 4.62. The molecule has 1 aliphatic heterocycles. The highest BCUT2D eigenvalue weighted by atomic mass is 16.1. The number of carbonyl (C=O) groups is 1. The fourth-order valence-electron chi connectivity index (χ4n) is 3.07. The minimum Gasteiger partial charge on any atom is -0.370 e. The normalized spacial score (nSPS) is 14.6. The Bertz CT molecular complexity index is 703. The van der Waals surface area contributed by atoms with Gasteiger partial charge in [0.1, 0.15) is 0 Å². The van der Waals surface area contributed by atoms with Gasteiger partial charge in [-0.05, 0) is 68.5 Å². The molecule has 3 nitrogen and oxygen atoms in total. The molecule has 0 bridgehead atoms. The molecule has 1 heterocycles. The van der Waals surface area contributed by atoms with E-state index in [0.29, 0.717) is 5.56 Å². The first-order chi connectivity index (χ1) is 11.1. The van der Waals surface area contributed by atoms with Crippen molar-refractivity contribution in [2.24, 2.45) is 0 Å². The van der Waals surface area contributed by atoms with Gasteiger partial charge in [0.2, 0.25) is 0 Å². The molecule has 23 heavy (non-hydrogen) atoms. The maximum atomic E-state index is 12.6. The van der Waals surface area contributed by atoms with Crippen molar-refractivity contribution >= 4 is 17.3 Å². The zero-order valence-electron chi connectivity index (χ0n) is 13.9. The summed E-state index contributed by atoms with van der Waals surface area (Å²) in [7, 11) is 0. The fourth-order valence-corrected chi connectivity index (χ4v) is 3.07. The molecule has 2 aromatic carbocycles. The van der Waals surface area contributed by atoms with Gasteiger partial charge in [0.05, 0.1) is 11.4 Å². The third kappa shape index (κ3) is 3.55. The van der Waals surface area contributed by atoms with E-state index < -0.39 is 0 Å². The lowest BCUT2D eigenvalue weighted by atomic mass is 10.1. The average Bonchev–Trinajstić information content (AvgIpc) is 2.58. The second-order valence-electron chi connectivity index (χ2n) is 6.32. The second kappa shape index (κ2) is 6.86. The predicted molar refractivity (Wildman–Crippen MR) is 96.4 cm³/mol. The molecule has 0 radical (unpaired) electrons. The maximum Gasteiger partial charge on any atom is 0.255 e. The van der Waals surface area contributed by atoms with Crippen LogP contribution in [-0.2, 0) is 0 Å². The van der Waals surface area contributed by atoms with E-state index in [9.17, 15) is 4.79 Å². The molecule has 0 spiro atoms. The molecule has 2 aromatic rings. The summed E-state index contributed by atoms with van der Waals surface area (Å²) < 4.78 is 0. The van der Waals surface area contributed by atoms with Gasteiger partial charge in [-0.1, -0.05) is 18.2 Å². The fraction of sp³-hybridized carbons (Fsp3) is 0.350. The lowest BCUT2D eigenvalue weighted by Crippen LogP contribution is -2.30. The Labute approximate surface area is 138 Å². The van der Waals surface area contributed by atoms with E-state index in [0.717, 1.165) is 30.0 Å². The molecule has 1 saturated heterocycles. The highest BCUT2D eigenvalue weighted by Gasteiger charge is 2.16. The summed E-state index contributed by atoms with van der Waals surface area (Å²) in [5.41, 5.74) is 5.08. The number of amides is 1. The van der Waals surface area contributed by atoms with E-state index in [1.807, 2.05) is 43.3 Å². The van der Waals surface area contributed by atoms with Crippen LogP contribution in [0.1, 0.15) is 40.7 Å². The lowest BCUT2D eigenvalue weighted by Gasteiger charge is -2.30. The first-order valence-electron chi connectivity index (χ1n) is 8.38. The van der Waals surface area contributed by atoms with Crippen molar-refractivity contribution in [2.75, 3.05) is 23.3 Å². The molecule has 0 unspecified atom stereocenters. The zero-order valence-corrected chi connectivity index (χ0v) is 13.9. The van der Waals surface area contributed by atoms with Crippen LogP contribution >= 0.6 is 0 Å². The molecule has 0 aliphatic carbocycles. The number of hydrogen-bond acceptors (Lipinski definition) is 2. The molecule has 0 atom stereocenters. The van der Waals surface area contributed by atoms with E-state index in [-0.39, 0.29) is 5.91 Å². The Morgan fingerprint density at radius 2 is 1.70 bits per heavy atom. The van der Waals surface area contributed by atoms with Crippen LogP contribution in [0, 0.1) is 13.8 Å². The SMILES string of the molecule is Cc1ccc(C(=O)Nc2ccccc2N2CCCCC2)cc1C. The van der Waals surface area contributed by atoms with E-state index in [1.165, 1.54) is 24.8 Å². The number of hydrogen-bond donors (Lipinski definition) is 1. The summed E-state index contributed by atoms with van der Waals surface area (Å²) in [5.74, 6) is -0.0439. The van der Waals surface area contributed by atoms with Crippen molar-refractivity contribution in [2.45, 2.75) is 33.1 Å². The standard InChI is InChI=1S/C20H24N2O/c1-15-10-11-17(14-16(15)2)20(23)21-18-8-4-5-9-19(18)22-12-6-3-7-13-22/h4-5,8-11,14H,3,6-7,12-13H2,1-2H3,(H,21,23). The van der Waals surface area contributed by atoms with Gasteiger partial charge in [-0.3, -0.25) is 4.79 Å². The smallest absolute Gasteiger partial charge is 0.255 e. The van der Waals surface area contributed by atoms with Crippen LogP contribution < -0.4 is 10.2 Å². The average molecular weight is 308 g/mol. The number of para-hydroxylation sites is 2. The summed E-state index contributed by atoms with van der Waals surface area (Å²) in [5, 5.41) is 3.09. The Kier molecular flexibility index (Phi) is 4.65. The van der Waals surface area contributed by atoms with Crippen molar-refractivity contribution in [3.63, 3.8) is 0 Å². The molecule has 1 N–H and O–H groups in total. The first kappa shape index (κ1) is 15.6. The molecule has 1 fully saturated rings. The number of aryl methyl sites for hydroxylation is 2. The monoisotopic (exact) mass is 308 g/mol. The number of anilines is 2. The van der Waals surface area contributed by atoms with Gasteiger partial charge >= 0.3 is 0 Å². The minimum absolute atomic E-state index is 0.0439. The number of nitrogens with one attached hydrogen (secondary N) is 1. The molecule has 1 amide bonds. The van der Waals surface area contributed by atoms with Crippen LogP contribution in [-0.4, -0.2) is 19.0 Å². The number of rotatable bonds is 3. The van der Waals surface area contributed by atoms with Gasteiger partial charge in [0.25, 0.3) is 5.91 Å².